The van der Waals surface area contributed by atoms with Crippen molar-refractivity contribution in [3.63, 3.8) is 0 Å². The molecule has 0 unspecified atom stereocenters. The lowest BCUT2D eigenvalue weighted by Gasteiger charge is -2.24. The van der Waals surface area contributed by atoms with Crippen molar-refractivity contribution in [3.8, 4) is 0 Å². The van der Waals surface area contributed by atoms with Crippen molar-refractivity contribution in [3.05, 3.63) is 0 Å². The van der Waals surface area contributed by atoms with E-state index in [0.717, 1.165) is 12.8 Å². The van der Waals surface area contributed by atoms with E-state index in [1.165, 1.54) is 0 Å². The second-order valence-corrected chi connectivity index (χ2v) is 6.62. The van der Waals surface area contributed by atoms with Crippen molar-refractivity contribution in [1.82, 2.24) is 4.72 Å². The highest BCUT2D eigenvalue weighted by Crippen LogP contribution is 2.17. The van der Waals surface area contributed by atoms with E-state index in [4.69, 9.17) is 5.73 Å². The van der Waals surface area contributed by atoms with Crippen LogP contribution >= 0.6 is 0 Å². The SMILES string of the molecule is CCCCS(=O)(=O)NCC(C)(C)CCN. The minimum absolute atomic E-state index is 0.0615. The summed E-state index contributed by atoms with van der Waals surface area (Å²) in [6.07, 6.45) is 2.43. The Morgan fingerprint density at radius 1 is 1.33 bits per heavy atom. The van der Waals surface area contributed by atoms with Crippen LogP contribution < -0.4 is 10.5 Å². The molecule has 4 nitrogen and oxygen atoms in total. The molecule has 0 amide bonds. The minimum Gasteiger partial charge on any atom is -0.330 e. The van der Waals surface area contributed by atoms with E-state index in [1.807, 2.05) is 20.8 Å². The Kier molecular flexibility index (Phi) is 6.40. The molecule has 15 heavy (non-hydrogen) atoms. The van der Waals surface area contributed by atoms with Crippen LogP contribution in [0, 0.1) is 5.41 Å². The molecule has 0 aliphatic rings. The molecule has 0 radical (unpaired) electrons. The number of rotatable bonds is 8. The lowest BCUT2D eigenvalue weighted by molar-refractivity contribution is 0.340. The van der Waals surface area contributed by atoms with Crippen molar-refractivity contribution in [2.75, 3.05) is 18.8 Å². The first kappa shape index (κ1) is 14.9. The van der Waals surface area contributed by atoms with Crippen molar-refractivity contribution >= 4 is 10.0 Å². The van der Waals surface area contributed by atoms with E-state index >= 15 is 0 Å². The third-order valence-corrected chi connectivity index (χ3v) is 3.77. The fourth-order valence-corrected chi connectivity index (χ4v) is 2.61. The number of nitrogens with two attached hydrogens (primary N) is 1. The molecule has 0 atom stereocenters. The molecule has 0 aromatic rings. The van der Waals surface area contributed by atoms with Crippen LogP contribution in [0.15, 0.2) is 0 Å². The van der Waals surface area contributed by atoms with E-state index in [2.05, 4.69) is 4.72 Å². The molecule has 0 aliphatic heterocycles. The minimum atomic E-state index is -3.09. The Hall–Kier alpha value is -0.130. The van der Waals surface area contributed by atoms with E-state index in [0.29, 0.717) is 19.5 Å². The Morgan fingerprint density at radius 3 is 2.40 bits per heavy atom. The molecule has 0 heterocycles. The zero-order valence-electron chi connectivity index (χ0n) is 10.0. The number of sulfonamides is 1. The van der Waals surface area contributed by atoms with Gasteiger partial charge in [-0.3, -0.25) is 0 Å². The van der Waals surface area contributed by atoms with Crippen molar-refractivity contribution < 1.29 is 8.42 Å². The van der Waals surface area contributed by atoms with Gasteiger partial charge in [-0.2, -0.15) is 0 Å². The largest absolute Gasteiger partial charge is 0.330 e. The summed E-state index contributed by atoms with van der Waals surface area (Å²) >= 11 is 0. The number of hydrogen-bond acceptors (Lipinski definition) is 3. The van der Waals surface area contributed by atoms with Crippen LogP contribution in [-0.4, -0.2) is 27.3 Å². The summed E-state index contributed by atoms with van der Waals surface area (Å²) in [5.41, 5.74) is 5.40. The van der Waals surface area contributed by atoms with Gasteiger partial charge in [0.2, 0.25) is 10.0 Å². The van der Waals surface area contributed by atoms with Crippen molar-refractivity contribution in [2.24, 2.45) is 11.1 Å². The summed E-state index contributed by atoms with van der Waals surface area (Å²) in [6, 6.07) is 0. The monoisotopic (exact) mass is 236 g/mol. The van der Waals surface area contributed by atoms with Crippen LogP contribution in [0.2, 0.25) is 0 Å². The van der Waals surface area contributed by atoms with Gasteiger partial charge in [0.1, 0.15) is 0 Å². The summed E-state index contributed by atoms with van der Waals surface area (Å²) in [7, 11) is -3.09. The highest BCUT2D eigenvalue weighted by Gasteiger charge is 2.19. The van der Waals surface area contributed by atoms with Crippen LogP contribution in [0.3, 0.4) is 0 Å². The Morgan fingerprint density at radius 2 is 1.93 bits per heavy atom. The average molecular weight is 236 g/mol. The summed E-state index contributed by atoms with van der Waals surface area (Å²) in [6.45, 7) is 7.07. The Balaban J connectivity index is 4.02. The van der Waals surface area contributed by atoms with Gasteiger partial charge in [0.15, 0.2) is 0 Å². The fourth-order valence-electron chi connectivity index (χ4n) is 1.19. The molecule has 0 fully saturated rings. The van der Waals surface area contributed by atoms with Crippen LogP contribution in [0.4, 0.5) is 0 Å². The number of unbranched alkanes of at least 4 members (excludes halogenated alkanes) is 1. The van der Waals surface area contributed by atoms with E-state index in [9.17, 15) is 8.42 Å². The van der Waals surface area contributed by atoms with Crippen LogP contribution in [0.5, 0.6) is 0 Å². The summed E-state index contributed by atoms with van der Waals surface area (Å²) < 4.78 is 25.6. The molecule has 0 aromatic heterocycles. The normalized spacial score (nSPS) is 13.1. The second-order valence-electron chi connectivity index (χ2n) is 4.70. The molecule has 0 spiro atoms. The third-order valence-electron chi connectivity index (χ3n) is 2.36. The smallest absolute Gasteiger partial charge is 0.211 e. The third kappa shape index (κ3) is 7.76. The van der Waals surface area contributed by atoms with Crippen molar-refractivity contribution in [2.45, 2.75) is 40.0 Å². The van der Waals surface area contributed by atoms with Gasteiger partial charge in [0.25, 0.3) is 0 Å². The van der Waals surface area contributed by atoms with Gasteiger partial charge in [-0.15, -0.1) is 0 Å². The average Bonchev–Trinajstić information content (AvgIpc) is 2.12. The zero-order chi connectivity index (χ0) is 11.9. The number of nitrogens with one attached hydrogen (secondary N) is 1. The molecule has 0 rings (SSSR count). The molecular weight excluding hydrogens is 212 g/mol. The predicted octanol–water partition coefficient (Wildman–Crippen LogP) is 1.08. The fraction of sp³-hybridized carbons (Fsp3) is 1.00. The standard InChI is InChI=1S/C10H24N2O2S/c1-4-5-8-15(13,14)12-9-10(2,3)6-7-11/h12H,4-9,11H2,1-3H3. The highest BCUT2D eigenvalue weighted by atomic mass is 32.2. The molecule has 92 valence electrons. The summed E-state index contributed by atoms with van der Waals surface area (Å²) in [5.74, 6) is 0.224. The Labute approximate surface area is 93.7 Å². The van der Waals surface area contributed by atoms with Gasteiger partial charge >= 0.3 is 0 Å². The lowest BCUT2D eigenvalue weighted by atomic mass is 9.90. The van der Waals surface area contributed by atoms with E-state index in [-0.39, 0.29) is 11.2 Å². The van der Waals surface area contributed by atoms with E-state index in [1.54, 1.807) is 0 Å². The molecule has 0 aromatic carbocycles. The van der Waals surface area contributed by atoms with Gasteiger partial charge in [-0.1, -0.05) is 27.2 Å². The topological polar surface area (TPSA) is 72.2 Å². The number of hydrogen-bond donors (Lipinski definition) is 2. The molecular formula is C10H24N2O2S. The summed E-state index contributed by atoms with van der Waals surface area (Å²) in [5, 5.41) is 0. The summed E-state index contributed by atoms with van der Waals surface area (Å²) in [4.78, 5) is 0. The van der Waals surface area contributed by atoms with Crippen molar-refractivity contribution in [1.29, 1.82) is 0 Å². The first-order chi connectivity index (χ1) is 6.83. The molecule has 0 saturated heterocycles. The first-order valence-corrected chi connectivity index (χ1v) is 7.15. The molecule has 3 N–H and O–H groups in total. The maximum absolute atomic E-state index is 11.5. The first-order valence-electron chi connectivity index (χ1n) is 5.50. The van der Waals surface area contributed by atoms with Gasteiger partial charge in [0.05, 0.1) is 5.75 Å². The van der Waals surface area contributed by atoms with Crippen LogP contribution in [0.1, 0.15) is 40.0 Å². The van der Waals surface area contributed by atoms with Gasteiger partial charge < -0.3 is 5.73 Å². The molecule has 0 bridgehead atoms. The van der Waals surface area contributed by atoms with E-state index < -0.39 is 10.0 Å². The quantitative estimate of drug-likeness (QED) is 0.662. The molecule has 5 heteroatoms. The Bertz CT molecular complexity index is 261. The predicted molar refractivity (Wildman–Crippen MR) is 64.1 cm³/mol. The zero-order valence-corrected chi connectivity index (χ0v) is 10.9. The van der Waals surface area contributed by atoms with Gasteiger partial charge in [-0.05, 0) is 24.8 Å². The van der Waals surface area contributed by atoms with Crippen LogP contribution in [0.25, 0.3) is 0 Å². The molecule has 0 aliphatic carbocycles. The van der Waals surface area contributed by atoms with Crippen LogP contribution in [-0.2, 0) is 10.0 Å². The second kappa shape index (κ2) is 6.45. The molecule has 0 saturated carbocycles. The van der Waals surface area contributed by atoms with Gasteiger partial charge in [-0.25, -0.2) is 13.1 Å². The van der Waals surface area contributed by atoms with Gasteiger partial charge in [0, 0.05) is 6.54 Å². The maximum atomic E-state index is 11.5. The lowest BCUT2D eigenvalue weighted by Crippen LogP contribution is -2.36. The maximum Gasteiger partial charge on any atom is 0.211 e. The highest BCUT2D eigenvalue weighted by molar-refractivity contribution is 7.89.